The number of rotatable bonds is 6. The van der Waals surface area contributed by atoms with Crippen LogP contribution in [0.4, 0.5) is 13.2 Å². The Hall–Kier alpha value is -1.89. The van der Waals surface area contributed by atoms with E-state index in [1.165, 1.54) is 0 Å². The highest BCUT2D eigenvalue weighted by molar-refractivity contribution is 14.0. The van der Waals surface area contributed by atoms with Crippen molar-refractivity contribution in [2.24, 2.45) is 12.0 Å². The normalized spacial score (nSPS) is 12.1. The lowest BCUT2D eigenvalue weighted by molar-refractivity contribution is -0.140. The summed E-state index contributed by atoms with van der Waals surface area (Å²) in [5.74, 6) is 1.41. The molecule has 3 rings (SSSR count). The monoisotopic (exact) mass is 538 g/mol. The number of nitrogens with one attached hydrogen (secondary N) is 2. The van der Waals surface area contributed by atoms with Gasteiger partial charge in [0, 0.05) is 31.9 Å². The molecule has 0 aliphatic heterocycles. The zero-order valence-corrected chi connectivity index (χ0v) is 19.1. The fourth-order valence-electron chi connectivity index (χ4n) is 2.67. The summed E-state index contributed by atoms with van der Waals surface area (Å²) in [7, 11) is 1.95. The third-order valence-electron chi connectivity index (χ3n) is 4.08. The van der Waals surface area contributed by atoms with Crippen LogP contribution in [-0.2, 0) is 26.2 Å². The molecule has 29 heavy (non-hydrogen) atoms. The molecule has 0 atom stereocenters. The van der Waals surface area contributed by atoms with E-state index in [0.717, 1.165) is 33.6 Å². The van der Waals surface area contributed by atoms with Crippen LogP contribution in [0.15, 0.2) is 34.6 Å². The maximum absolute atomic E-state index is 12.6. The van der Waals surface area contributed by atoms with Crippen LogP contribution in [0.25, 0.3) is 11.0 Å². The molecule has 0 aliphatic rings. The zero-order valence-electron chi connectivity index (χ0n) is 16.0. The molecule has 0 saturated heterocycles. The summed E-state index contributed by atoms with van der Waals surface area (Å²) in [5, 5.41) is 7.73. The van der Waals surface area contributed by atoms with E-state index in [4.69, 9.17) is 0 Å². The summed E-state index contributed by atoms with van der Waals surface area (Å²) in [6, 6.07) is 7.86. The molecule has 0 saturated carbocycles. The molecular formula is C18H22F3IN6S. The Bertz CT molecular complexity index is 966. The van der Waals surface area contributed by atoms with Crippen LogP contribution in [-0.4, -0.2) is 33.6 Å². The van der Waals surface area contributed by atoms with Gasteiger partial charge in [0.05, 0.1) is 16.0 Å². The molecule has 3 aromatic rings. The average molecular weight is 538 g/mol. The lowest BCUT2D eigenvalue weighted by atomic mass is 10.3. The number of fused-ring (bicyclic) bond motifs is 1. The van der Waals surface area contributed by atoms with Gasteiger partial charge in [-0.1, -0.05) is 12.1 Å². The average Bonchev–Trinajstić information content (AvgIpc) is 3.25. The molecule has 2 heterocycles. The number of aryl methyl sites for hydroxylation is 1. The topological polar surface area (TPSA) is 67.1 Å². The van der Waals surface area contributed by atoms with E-state index in [-0.39, 0.29) is 24.0 Å². The summed E-state index contributed by atoms with van der Waals surface area (Å²) in [6.07, 6.45) is -4.01. The van der Waals surface area contributed by atoms with Crippen molar-refractivity contribution in [3.8, 4) is 0 Å². The van der Waals surface area contributed by atoms with Crippen LogP contribution in [0.2, 0.25) is 0 Å². The standard InChI is InChI=1S/C18H21F3N6S.HI/c1-3-22-17(23-9-8-16-26-14(11-28-16)18(19,20)21)24-10-15-25-12-6-4-5-7-13(12)27(15)2;/h4-7,11H,3,8-10H2,1-2H3,(H2,22,23,24);1H. The molecule has 0 unspecified atom stereocenters. The van der Waals surface area contributed by atoms with E-state index >= 15 is 0 Å². The van der Waals surface area contributed by atoms with Gasteiger partial charge in [0.1, 0.15) is 12.4 Å². The smallest absolute Gasteiger partial charge is 0.357 e. The second-order valence-corrected chi connectivity index (χ2v) is 7.01. The number of aliphatic imine (C=N–C) groups is 1. The van der Waals surface area contributed by atoms with Crippen LogP contribution in [0.5, 0.6) is 0 Å². The molecule has 1 aromatic carbocycles. The predicted octanol–water partition coefficient (Wildman–Crippen LogP) is 3.96. The van der Waals surface area contributed by atoms with Gasteiger partial charge in [-0.2, -0.15) is 13.2 Å². The first-order valence-electron chi connectivity index (χ1n) is 8.82. The molecule has 6 nitrogen and oxygen atoms in total. The van der Waals surface area contributed by atoms with Crippen molar-refractivity contribution in [1.29, 1.82) is 0 Å². The molecule has 2 N–H and O–H groups in total. The molecule has 158 valence electrons. The Labute approximate surface area is 187 Å². The van der Waals surface area contributed by atoms with Gasteiger partial charge in [0.25, 0.3) is 0 Å². The van der Waals surface area contributed by atoms with E-state index in [2.05, 4.69) is 25.6 Å². The Morgan fingerprint density at radius 1 is 1.21 bits per heavy atom. The lowest BCUT2D eigenvalue weighted by Gasteiger charge is -2.10. The second-order valence-electron chi connectivity index (χ2n) is 6.07. The van der Waals surface area contributed by atoms with E-state index in [1.54, 1.807) is 0 Å². The van der Waals surface area contributed by atoms with Crippen molar-refractivity contribution in [3.05, 3.63) is 46.2 Å². The number of halogens is 4. The van der Waals surface area contributed by atoms with Gasteiger partial charge in [-0.15, -0.1) is 35.3 Å². The summed E-state index contributed by atoms with van der Waals surface area (Å²) in [5.41, 5.74) is 1.11. The largest absolute Gasteiger partial charge is 0.434 e. The highest BCUT2D eigenvalue weighted by atomic mass is 127. The Morgan fingerprint density at radius 2 is 1.97 bits per heavy atom. The van der Waals surface area contributed by atoms with E-state index < -0.39 is 11.9 Å². The molecule has 0 fully saturated rings. The number of thiazole rings is 1. The van der Waals surface area contributed by atoms with Gasteiger partial charge >= 0.3 is 6.18 Å². The Morgan fingerprint density at radius 3 is 2.62 bits per heavy atom. The van der Waals surface area contributed by atoms with Gasteiger partial charge in [-0.05, 0) is 19.1 Å². The zero-order chi connectivity index (χ0) is 20.1. The molecule has 2 aromatic heterocycles. The van der Waals surface area contributed by atoms with Crippen LogP contribution in [0, 0.1) is 0 Å². The molecular weight excluding hydrogens is 516 g/mol. The minimum absolute atomic E-state index is 0. The Balaban J connectivity index is 0.00000300. The fourth-order valence-corrected chi connectivity index (χ4v) is 3.48. The Kier molecular flexibility index (Phi) is 8.25. The van der Waals surface area contributed by atoms with Gasteiger partial charge in [-0.3, -0.25) is 0 Å². The van der Waals surface area contributed by atoms with Crippen LogP contribution in [0.1, 0.15) is 23.4 Å². The minimum atomic E-state index is -4.40. The molecule has 0 amide bonds. The van der Waals surface area contributed by atoms with Crippen LogP contribution < -0.4 is 10.6 Å². The summed E-state index contributed by atoms with van der Waals surface area (Å²) < 4.78 is 39.8. The highest BCUT2D eigenvalue weighted by Crippen LogP contribution is 2.30. The first-order chi connectivity index (χ1) is 13.4. The third-order valence-corrected chi connectivity index (χ3v) is 4.98. The molecule has 0 radical (unpaired) electrons. The van der Waals surface area contributed by atoms with E-state index in [1.807, 2.05) is 42.8 Å². The van der Waals surface area contributed by atoms with Gasteiger partial charge in [-0.25, -0.2) is 15.0 Å². The third kappa shape index (κ3) is 6.04. The fraction of sp³-hybridized carbons (Fsp3) is 0.389. The first kappa shape index (κ1) is 23.4. The number of nitrogens with zero attached hydrogens (tertiary/aromatic N) is 4. The number of imidazole rings is 1. The first-order valence-corrected chi connectivity index (χ1v) is 9.70. The number of alkyl halides is 3. The SMILES string of the molecule is CCNC(=NCc1nc2ccccc2n1C)NCCc1nc(C(F)(F)F)cs1.I. The molecule has 0 spiro atoms. The van der Waals surface area contributed by atoms with E-state index in [9.17, 15) is 13.2 Å². The van der Waals surface area contributed by atoms with Gasteiger partial charge in [0.2, 0.25) is 0 Å². The van der Waals surface area contributed by atoms with Crippen LogP contribution in [0.3, 0.4) is 0 Å². The van der Waals surface area contributed by atoms with Gasteiger partial charge in [0.15, 0.2) is 11.7 Å². The second kappa shape index (κ2) is 10.2. The quantitative estimate of drug-likeness (QED) is 0.283. The van der Waals surface area contributed by atoms with Crippen LogP contribution >= 0.6 is 35.3 Å². The van der Waals surface area contributed by atoms with Crippen molar-refractivity contribution < 1.29 is 13.2 Å². The molecule has 11 heteroatoms. The molecule has 0 aliphatic carbocycles. The number of guanidine groups is 1. The van der Waals surface area contributed by atoms with Crippen molar-refractivity contribution in [1.82, 2.24) is 25.2 Å². The van der Waals surface area contributed by atoms with Crippen molar-refractivity contribution in [3.63, 3.8) is 0 Å². The maximum atomic E-state index is 12.6. The van der Waals surface area contributed by atoms with Crippen molar-refractivity contribution in [2.45, 2.75) is 26.1 Å². The summed E-state index contributed by atoms with van der Waals surface area (Å²) in [4.78, 5) is 12.7. The number of hydrogen-bond donors (Lipinski definition) is 2. The highest BCUT2D eigenvalue weighted by Gasteiger charge is 2.33. The number of para-hydroxylation sites is 2. The number of benzene rings is 1. The lowest BCUT2D eigenvalue weighted by Crippen LogP contribution is -2.38. The van der Waals surface area contributed by atoms with Gasteiger partial charge < -0.3 is 15.2 Å². The minimum Gasteiger partial charge on any atom is -0.357 e. The van der Waals surface area contributed by atoms with E-state index in [0.29, 0.717) is 37.0 Å². The summed E-state index contributed by atoms with van der Waals surface area (Å²) in [6.45, 7) is 3.43. The molecule has 0 bridgehead atoms. The van der Waals surface area contributed by atoms with Crippen molar-refractivity contribution in [2.75, 3.05) is 13.1 Å². The number of aromatic nitrogens is 3. The predicted molar refractivity (Wildman–Crippen MR) is 120 cm³/mol. The number of hydrogen-bond acceptors (Lipinski definition) is 4. The van der Waals surface area contributed by atoms with Crippen molar-refractivity contribution >= 4 is 52.3 Å². The maximum Gasteiger partial charge on any atom is 0.434 e. The summed E-state index contributed by atoms with van der Waals surface area (Å²) >= 11 is 1.01.